The molecule has 1 atom stereocenters. The first-order valence-electron chi connectivity index (χ1n) is 11.4. The molecule has 1 aliphatic rings. The van der Waals surface area contributed by atoms with Gasteiger partial charge in [-0.3, -0.25) is 14.2 Å². The van der Waals surface area contributed by atoms with E-state index >= 15 is 0 Å². The van der Waals surface area contributed by atoms with Gasteiger partial charge in [-0.05, 0) is 43.3 Å². The van der Waals surface area contributed by atoms with Crippen molar-refractivity contribution in [3.8, 4) is 11.5 Å². The van der Waals surface area contributed by atoms with Crippen LogP contribution in [0.1, 0.15) is 12.7 Å². The number of hydrogen-bond acceptors (Lipinski definition) is 7. The van der Waals surface area contributed by atoms with Crippen molar-refractivity contribution in [1.29, 1.82) is 0 Å². The summed E-state index contributed by atoms with van der Waals surface area (Å²) in [6.45, 7) is 3.49. The number of carbonyl (C=O) groups excluding carboxylic acids is 1. The van der Waals surface area contributed by atoms with E-state index in [-0.39, 0.29) is 29.9 Å². The minimum atomic E-state index is -0.255. The molecule has 4 aromatic rings. The van der Waals surface area contributed by atoms with Crippen LogP contribution in [0.15, 0.2) is 81.3 Å². The van der Waals surface area contributed by atoms with Gasteiger partial charge in [0.1, 0.15) is 12.4 Å². The molecular formula is C26H25N3O5S. The number of carbonyl (C=O) groups is 1. The van der Waals surface area contributed by atoms with Gasteiger partial charge < -0.3 is 18.8 Å². The number of ether oxygens (including phenoxy) is 2. The number of furan rings is 1. The number of para-hydroxylation sites is 3. The van der Waals surface area contributed by atoms with Crippen LogP contribution >= 0.6 is 11.8 Å². The number of rotatable bonds is 8. The zero-order valence-corrected chi connectivity index (χ0v) is 20.1. The van der Waals surface area contributed by atoms with E-state index in [9.17, 15) is 9.59 Å². The third-order valence-electron chi connectivity index (χ3n) is 5.77. The number of fused-ring (bicyclic) bond motifs is 2. The fourth-order valence-corrected chi connectivity index (χ4v) is 4.88. The van der Waals surface area contributed by atoms with Crippen molar-refractivity contribution >= 4 is 28.6 Å². The third-order valence-corrected chi connectivity index (χ3v) is 6.73. The Kier molecular flexibility index (Phi) is 6.76. The molecular weight excluding hydrogens is 466 g/mol. The Morgan fingerprint density at radius 3 is 2.71 bits per heavy atom. The zero-order valence-electron chi connectivity index (χ0n) is 19.3. The van der Waals surface area contributed by atoms with Crippen molar-refractivity contribution in [2.75, 3.05) is 25.4 Å². The lowest BCUT2D eigenvalue weighted by atomic mass is 10.2. The van der Waals surface area contributed by atoms with Crippen molar-refractivity contribution in [3.05, 3.63) is 83.0 Å². The second kappa shape index (κ2) is 10.3. The number of thioether (sulfide) groups is 1. The van der Waals surface area contributed by atoms with E-state index in [1.54, 1.807) is 33.9 Å². The van der Waals surface area contributed by atoms with Gasteiger partial charge in [0, 0.05) is 6.54 Å². The number of hydrogen-bond donors (Lipinski definition) is 0. The molecule has 0 fully saturated rings. The van der Waals surface area contributed by atoms with Crippen LogP contribution in [0.4, 0.5) is 0 Å². The predicted octanol–water partition coefficient (Wildman–Crippen LogP) is 3.82. The lowest BCUT2D eigenvalue weighted by Gasteiger charge is -2.30. The first-order chi connectivity index (χ1) is 17.1. The molecule has 0 spiro atoms. The Bertz CT molecular complexity index is 1390. The van der Waals surface area contributed by atoms with E-state index < -0.39 is 0 Å². The smallest absolute Gasteiger partial charge is 0.262 e. The summed E-state index contributed by atoms with van der Waals surface area (Å²) in [5.74, 6) is 2.12. The molecule has 0 N–H and O–H groups in total. The number of benzene rings is 2. The zero-order chi connectivity index (χ0) is 24.2. The summed E-state index contributed by atoms with van der Waals surface area (Å²) in [7, 11) is 0. The van der Waals surface area contributed by atoms with Gasteiger partial charge in [-0.1, -0.05) is 36.0 Å². The van der Waals surface area contributed by atoms with Crippen molar-refractivity contribution in [3.63, 3.8) is 0 Å². The van der Waals surface area contributed by atoms with Gasteiger partial charge in [0.15, 0.2) is 22.8 Å². The van der Waals surface area contributed by atoms with E-state index in [1.807, 2.05) is 49.4 Å². The molecule has 0 saturated heterocycles. The quantitative estimate of drug-likeness (QED) is 0.274. The van der Waals surface area contributed by atoms with Crippen LogP contribution in [0, 0.1) is 0 Å². The second-order valence-electron chi connectivity index (χ2n) is 8.10. The Labute approximate surface area is 206 Å². The van der Waals surface area contributed by atoms with Crippen molar-refractivity contribution in [2.24, 2.45) is 0 Å². The maximum atomic E-state index is 13.2. The highest BCUT2D eigenvalue weighted by Gasteiger charge is 2.25. The fourth-order valence-electron chi connectivity index (χ4n) is 3.98. The summed E-state index contributed by atoms with van der Waals surface area (Å²) >= 11 is 1.25. The molecule has 0 radical (unpaired) electrons. The summed E-state index contributed by atoms with van der Waals surface area (Å²) in [4.78, 5) is 32.8. The molecule has 2 aromatic carbocycles. The van der Waals surface area contributed by atoms with Gasteiger partial charge in [0.2, 0.25) is 5.91 Å². The van der Waals surface area contributed by atoms with Crippen molar-refractivity contribution < 1.29 is 18.7 Å². The van der Waals surface area contributed by atoms with Crippen LogP contribution in [0.5, 0.6) is 11.5 Å². The predicted molar refractivity (Wildman–Crippen MR) is 133 cm³/mol. The Hall–Kier alpha value is -3.72. The number of nitrogens with zero attached hydrogens (tertiary/aromatic N) is 3. The summed E-state index contributed by atoms with van der Waals surface area (Å²) in [5, 5.41) is 1.00. The van der Waals surface area contributed by atoms with Crippen LogP contribution in [0.25, 0.3) is 10.9 Å². The lowest BCUT2D eigenvalue weighted by molar-refractivity contribution is -0.129. The second-order valence-corrected chi connectivity index (χ2v) is 9.04. The van der Waals surface area contributed by atoms with Crippen molar-refractivity contribution in [2.45, 2.75) is 24.7 Å². The SMILES string of the molecule is CCN(CC1COc2ccccc2O1)C(=O)CSc1nc2ccccc2c(=O)n1Cc1ccco1. The minimum absolute atomic E-state index is 0.0630. The van der Waals surface area contributed by atoms with Crippen molar-refractivity contribution in [1.82, 2.24) is 14.5 Å². The van der Waals surface area contributed by atoms with Crippen LogP contribution in [0.2, 0.25) is 0 Å². The van der Waals surface area contributed by atoms with Crippen LogP contribution in [0.3, 0.4) is 0 Å². The van der Waals surface area contributed by atoms with Gasteiger partial charge in [-0.2, -0.15) is 0 Å². The average Bonchev–Trinajstić information content (AvgIpc) is 3.41. The van der Waals surface area contributed by atoms with Crippen LogP contribution < -0.4 is 15.0 Å². The summed E-state index contributed by atoms with van der Waals surface area (Å²) < 4.78 is 18.8. The maximum absolute atomic E-state index is 13.2. The highest BCUT2D eigenvalue weighted by molar-refractivity contribution is 7.99. The summed E-state index contributed by atoms with van der Waals surface area (Å²) in [6, 6.07) is 18.3. The summed E-state index contributed by atoms with van der Waals surface area (Å²) in [5.41, 5.74) is 0.433. The average molecular weight is 492 g/mol. The highest BCUT2D eigenvalue weighted by atomic mass is 32.2. The normalized spacial score (nSPS) is 14.7. The highest BCUT2D eigenvalue weighted by Crippen LogP contribution is 2.31. The number of amides is 1. The van der Waals surface area contributed by atoms with E-state index in [0.29, 0.717) is 53.0 Å². The Morgan fingerprint density at radius 2 is 1.91 bits per heavy atom. The largest absolute Gasteiger partial charge is 0.486 e. The van der Waals surface area contributed by atoms with Gasteiger partial charge in [0.05, 0.1) is 36.0 Å². The Balaban J connectivity index is 1.31. The van der Waals surface area contributed by atoms with E-state index in [2.05, 4.69) is 4.98 Å². The Morgan fingerprint density at radius 1 is 1.11 bits per heavy atom. The van der Waals surface area contributed by atoms with Crippen LogP contribution in [-0.4, -0.2) is 51.9 Å². The van der Waals surface area contributed by atoms with E-state index in [4.69, 9.17) is 13.9 Å². The van der Waals surface area contributed by atoms with E-state index in [1.165, 1.54) is 11.8 Å². The van der Waals surface area contributed by atoms with Crippen LogP contribution in [-0.2, 0) is 11.3 Å². The standard InChI is InChI=1S/C26H25N3O5S/c1-2-28(14-19-16-33-22-11-5-6-12-23(22)34-19)24(30)17-35-26-27-21-10-4-3-9-20(21)25(31)29(26)15-18-8-7-13-32-18/h3-13,19H,2,14-17H2,1H3. The van der Waals surface area contributed by atoms with Gasteiger partial charge in [-0.25, -0.2) is 4.98 Å². The first kappa shape index (κ1) is 23.0. The van der Waals surface area contributed by atoms with E-state index in [0.717, 1.165) is 0 Å². The maximum Gasteiger partial charge on any atom is 0.262 e. The lowest BCUT2D eigenvalue weighted by Crippen LogP contribution is -2.44. The molecule has 35 heavy (non-hydrogen) atoms. The monoisotopic (exact) mass is 491 g/mol. The molecule has 5 rings (SSSR count). The molecule has 3 heterocycles. The third kappa shape index (κ3) is 5.05. The molecule has 180 valence electrons. The first-order valence-corrected chi connectivity index (χ1v) is 12.4. The fraction of sp³-hybridized carbons (Fsp3) is 0.269. The molecule has 1 amide bonds. The molecule has 1 unspecified atom stereocenters. The number of aromatic nitrogens is 2. The molecule has 0 aliphatic carbocycles. The molecule has 0 saturated carbocycles. The van der Waals surface area contributed by atoms with Gasteiger partial charge in [-0.15, -0.1) is 0 Å². The molecule has 8 nitrogen and oxygen atoms in total. The number of likely N-dealkylation sites (N-methyl/N-ethyl adjacent to an activating group) is 1. The summed E-state index contributed by atoms with van der Waals surface area (Å²) in [6.07, 6.45) is 1.31. The molecule has 9 heteroatoms. The minimum Gasteiger partial charge on any atom is -0.486 e. The topological polar surface area (TPSA) is 86.8 Å². The van der Waals surface area contributed by atoms with Gasteiger partial charge >= 0.3 is 0 Å². The molecule has 1 aliphatic heterocycles. The molecule has 2 aromatic heterocycles. The molecule has 0 bridgehead atoms. The van der Waals surface area contributed by atoms with Gasteiger partial charge in [0.25, 0.3) is 5.56 Å².